The third-order valence-electron chi connectivity index (χ3n) is 3.30. The molecule has 0 unspecified atom stereocenters. The molecule has 4 nitrogen and oxygen atoms in total. The van der Waals surface area contributed by atoms with Crippen LogP contribution in [0.4, 0.5) is 0 Å². The molecule has 1 rings (SSSR count). The van der Waals surface area contributed by atoms with Gasteiger partial charge in [-0.15, -0.1) is 0 Å². The maximum atomic E-state index is 12.1. The second kappa shape index (κ2) is 9.93. The van der Waals surface area contributed by atoms with Crippen LogP contribution in [0.5, 0.6) is 17.2 Å². The molecule has 0 spiro atoms. The Morgan fingerprint density at radius 3 is 2.22 bits per heavy atom. The molecule has 0 aromatic heterocycles. The third kappa shape index (κ3) is 5.31. The van der Waals surface area contributed by atoms with Crippen LogP contribution in [0.2, 0.25) is 0 Å². The predicted octanol–water partition coefficient (Wildman–Crippen LogP) is 4.70. The van der Waals surface area contributed by atoms with Gasteiger partial charge in [-0.05, 0) is 38.3 Å². The summed E-state index contributed by atoms with van der Waals surface area (Å²) >= 11 is 0. The van der Waals surface area contributed by atoms with Crippen molar-refractivity contribution in [2.75, 3.05) is 13.2 Å². The molecule has 0 N–H and O–H groups in total. The van der Waals surface area contributed by atoms with Crippen molar-refractivity contribution in [3.63, 3.8) is 0 Å². The Morgan fingerprint density at radius 1 is 1.00 bits per heavy atom. The van der Waals surface area contributed by atoms with Gasteiger partial charge in [-0.25, -0.2) is 4.79 Å². The molecule has 0 bridgehead atoms. The number of carbonyl (C=O) groups excluding carboxylic acids is 1. The number of rotatable bonds is 10. The van der Waals surface area contributed by atoms with Gasteiger partial charge in [0.05, 0.1) is 13.2 Å². The Balaban J connectivity index is 3.17. The van der Waals surface area contributed by atoms with E-state index in [1.807, 2.05) is 26.8 Å². The summed E-state index contributed by atoms with van der Waals surface area (Å²) in [5.41, 5.74) is 1.52. The monoisotopic (exact) mass is 320 g/mol. The molecule has 0 saturated heterocycles. The van der Waals surface area contributed by atoms with Crippen LogP contribution in [0.3, 0.4) is 0 Å². The molecule has 0 heterocycles. The number of aryl methyl sites for hydroxylation is 1. The van der Waals surface area contributed by atoms with Crippen molar-refractivity contribution in [3.8, 4) is 17.2 Å². The summed E-state index contributed by atoms with van der Waals surface area (Å²) in [6.07, 6.45) is 3.35. The minimum Gasteiger partial charge on any atom is -0.490 e. The Morgan fingerprint density at radius 2 is 1.65 bits per heavy atom. The highest BCUT2D eigenvalue weighted by Gasteiger charge is 2.20. The van der Waals surface area contributed by atoms with Gasteiger partial charge in [-0.1, -0.05) is 39.3 Å². The molecule has 0 saturated carbocycles. The van der Waals surface area contributed by atoms with Crippen molar-refractivity contribution in [1.29, 1.82) is 0 Å². The summed E-state index contributed by atoms with van der Waals surface area (Å²) in [7, 11) is 0. The first kappa shape index (κ1) is 19.1. The Bertz CT molecular complexity index is 534. The van der Waals surface area contributed by atoms with E-state index < -0.39 is 5.97 Å². The first-order chi connectivity index (χ1) is 11.1. The van der Waals surface area contributed by atoms with Gasteiger partial charge in [0, 0.05) is 5.57 Å². The smallest absolute Gasteiger partial charge is 0.338 e. The predicted molar refractivity (Wildman–Crippen MR) is 92.5 cm³/mol. The number of hydrogen-bond donors (Lipinski definition) is 0. The number of ether oxygens (including phenoxy) is 3. The lowest BCUT2D eigenvalue weighted by Crippen LogP contribution is -2.12. The molecule has 0 atom stereocenters. The second-order valence-corrected chi connectivity index (χ2v) is 5.24. The molecule has 0 aliphatic heterocycles. The molecule has 0 fully saturated rings. The maximum Gasteiger partial charge on any atom is 0.338 e. The van der Waals surface area contributed by atoms with E-state index in [2.05, 4.69) is 13.5 Å². The van der Waals surface area contributed by atoms with Crippen LogP contribution in [0.15, 0.2) is 24.3 Å². The molecule has 0 aliphatic rings. The van der Waals surface area contributed by atoms with Crippen LogP contribution in [0.25, 0.3) is 0 Å². The van der Waals surface area contributed by atoms with Crippen LogP contribution in [0, 0.1) is 0 Å². The van der Waals surface area contributed by atoms with Gasteiger partial charge in [0.2, 0.25) is 5.75 Å². The molecule has 1 aromatic carbocycles. The van der Waals surface area contributed by atoms with Crippen molar-refractivity contribution in [3.05, 3.63) is 29.8 Å². The fourth-order valence-corrected chi connectivity index (χ4v) is 2.29. The molecular weight excluding hydrogens is 292 g/mol. The van der Waals surface area contributed by atoms with Crippen molar-refractivity contribution in [1.82, 2.24) is 0 Å². The lowest BCUT2D eigenvalue weighted by Gasteiger charge is -2.18. The highest BCUT2D eigenvalue weighted by atomic mass is 16.6. The SMILES string of the molecule is C=C(CCC)C(=O)Oc1ccc(CCC)c(OCC)c1OCC. The van der Waals surface area contributed by atoms with Crippen molar-refractivity contribution in [2.45, 2.75) is 53.4 Å². The Hall–Kier alpha value is -1.97. The fraction of sp³-hybridized carbons (Fsp3) is 0.526. The average molecular weight is 320 g/mol. The van der Waals surface area contributed by atoms with Crippen LogP contribution in [-0.2, 0) is 11.2 Å². The largest absolute Gasteiger partial charge is 0.490 e. The molecule has 0 radical (unpaired) electrons. The van der Waals surface area contributed by atoms with E-state index in [0.717, 1.165) is 24.8 Å². The second-order valence-electron chi connectivity index (χ2n) is 5.24. The van der Waals surface area contributed by atoms with Crippen LogP contribution >= 0.6 is 0 Å². The molecule has 0 amide bonds. The van der Waals surface area contributed by atoms with E-state index >= 15 is 0 Å². The van der Waals surface area contributed by atoms with Crippen molar-refractivity contribution >= 4 is 5.97 Å². The highest BCUT2D eigenvalue weighted by molar-refractivity contribution is 5.90. The summed E-state index contributed by atoms with van der Waals surface area (Å²) in [6, 6.07) is 3.71. The number of benzene rings is 1. The number of hydrogen-bond acceptors (Lipinski definition) is 4. The van der Waals surface area contributed by atoms with Gasteiger partial charge in [0.1, 0.15) is 0 Å². The van der Waals surface area contributed by atoms with Gasteiger partial charge in [-0.2, -0.15) is 0 Å². The summed E-state index contributed by atoms with van der Waals surface area (Å²) in [6.45, 7) is 12.7. The zero-order chi connectivity index (χ0) is 17.2. The first-order valence-corrected chi connectivity index (χ1v) is 8.40. The number of carbonyl (C=O) groups is 1. The van der Waals surface area contributed by atoms with Crippen LogP contribution in [0.1, 0.15) is 52.5 Å². The quantitative estimate of drug-likeness (QED) is 0.356. The number of esters is 1. The van der Waals surface area contributed by atoms with Gasteiger partial charge in [0.25, 0.3) is 0 Å². The first-order valence-electron chi connectivity index (χ1n) is 8.40. The standard InChI is InChI=1S/C19H28O4/c1-6-10-14(5)19(20)23-16-13-12-15(11-7-2)17(21-8-3)18(16)22-9-4/h12-13H,5-11H2,1-4H3. The minimum atomic E-state index is -0.418. The third-order valence-corrected chi connectivity index (χ3v) is 3.30. The van der Waals surface area contributed by atoms with E-state index in [1.165, 1.54) is 0 Å². The van der Waals surface area contributed by atoms with E-state index in [9.17, 15) is 4.79 Å². The van der Waals surface area contributed by atoms with E-state index in [-0.39, 0.29) is 0 Å². The molecule has 23 heavy (non-hydrogen) atoms. The van der Waals surface area contributed by atoms with Gasteiger partial charge < -0.3 is 14.2 Å². The van der Waals surface area contributed by atoms with Crippen LogP contribution < -0.4 is 14.2 Å². The van der Waals surface area contributed by atoms with Crippen molar-refractivity contribution in [2.24, 2.45) is 0 Å². The van der Waals surface area contributed by atoms with E-state index in [4.69, 9.17) is 14.2 Å². The molecule has 4 heteroatoms. The topological polar surface area (TPSA) is 44.8 Å². The van der Waals surface area contributed by atoms with Gasteiger partial charge in [0.15, 0.2) is 11.5 Å². The van der Waals surface area contributed by atoms with Gasteiger partial charge >= 0.3 is 5.97 Å². The summed E-state index contributed by atoms with van der Waals surface area (Å²) in [5, 5.41) is 0. The average Bonchev–Trinajstić information content (AvgIpc) is 2.53. The normalized spacial score (nSPS) is 10.3. The molecule has 128 valence electrons. The molecular formula is C19H28O4. The van der Waals surface area contributed by atoms with Gasteiger partial charge in [-0.3, -0.25) is 0 Å². The van der Waals surface area contributed by atoms with E-state index in [1.54, 1.807) is 6.07 Å². The fourth-order valence-electron chi connectivity index (χ4n) is 2.29. The highest BCUT2D eigenvalue weighted by Crippen LogP contribution is 2.41. The summed E-state index contributed by atoms with van der Waals surface area (Å²) in [5.74, 6) is 1.14. The Labute approximate surface area is 139 Å². The Kier molecular flexibility index (Phi) is 8.23. The zero-order valence-corrected chi connectivity index (χ0v) is 14.7. The lowest BCUT2D eigenvalue weighted by atomic mass is 10.1. The molecule has 1 aromatic rings. The summed E-state index contributed by atoms with van der Waals surface area (Å²) < 4.78 is 17.0. The summed E-state index contributed by atoms with van der Waals surface area (Å²) in [4.78, 5) is 12.1. The molecule has 0 aliphatic carbocycles. The van der Waals surface area contributed by atoms with Crippen molar-refractivity contribution < 1.29 is 19.0 Å². The minimum absolute atomic E-state index is 0.386. The van der Waals surface area contributed by atoms with E-state index in [0.29, 0.717) is 42.5 Å². The zero-order valence-electron chi connectivity index (χ0n) is 14.7. The maximum absolute atomic E-state index is 12.1. The van der Waals surface area contributed by atoms with Crippen LogP contribution in [-0.4, -0.2) is 19.2 Å². The lowest BCUT2D eigenvalue weighted by molar-refractivity contribution is -0.130.